The van der Waals surface area contributed by atoms with E-state index in [9.17, 15) is 9.50 Å². The molecule has 0 amide bonds. The molecule has 0 saturated carbocycles. The maximum absolute atomic E-state index is 12.7. The highest BCUT2D eigenvalue weighted by Crippen LogP contribution is 2.38. The zero-order valence-corrected chi connectivity index (χ0v) is 6.25. The van der Waals surface area contributed by atoms with Gasteiger partial charge >= 0.3 is 0 Å². The molecule has 1 aromatic rings. The Balaban J connectivity index is 2.60. The van der Waals surface area contributed by atoms with E-state index in [1.165, 1.54) is 6.07 Å². The molecule has 0 aromatic heterocycles. The second-order valence-corrected chi connectivity index (χ2v) is 2.75. The van der Waals surface area contributed by atoms with Crippen LogP contribution in [-0.2, 0) is 0 Å². The number of phenolic OH excluding ortho intramolecular Hbond substituents is 1. The van der Waals surface area contributed by atoms with Crippen LogP contribution in [0.5, 0.6) is 11.5 Å². The average Bonchev–Trinajstić information content (AvgIpc) is 2.31. The molecule has 2 rings (SSSR count). The van der Waals surface area contributed by atoms with Gasteiger partial charge in [0.2, 0.25) is 0 Å². The Kier molecular flexibility index (Phi) is 1.44. The minimum absolute atomic E-state index is 0.130. The first kappa shape index (κ1) is 7.36. The van der Waals surface area contributed by atoms with Crippen molar-refractivity contribution >= 4 is 0 Å². The Labute approximate surface area is 68.6 Å². The lowest BCUT2D eigenvalue weighted by Gasteiger charge is -2.03. The van der Waals surface area contributed by atoms with Gasteiger partial charge in [0.1, 0.15) is 23.9 Å². The number of ether oxygens (including phenoxy) is 1. The number of aromatic hydroxyl groups is 1. The largest absolute Gasteiger partial charge is 0.507 e. The average molecular weight is 169 g/mol. The van der Waals surface area contributed by atoms with Gasteiger partial charge in [0.15, 0.2) is 0 Å². The lowest BCUT2D eigenvalue weighted by atomic mass is 10.1. The molecular weight excluding hydrogens is 161 g/mol. The molecule has 64 valence electrons. The van der Waals surface area contributed by atoms with E-state index in [0.717, 1.165) is 6.07 Å². The third-order valence-corrected chi connectivity index (χ3v) is 1.87. The second kappa shape index (κ2) is 2.35. The molecule has 1 aromatic carbocycles. The number of fused-ring (bicyclic) bond motifs is 1. The number of rotatable bonds is 0. The highest BCUT2D eigenvalue weighted by Gasteiger charge is 2.24. The Morgan fingerprint density at radius 2 is 2.33 bits per heavy atom. The monoisotopic (exact) mass is 169 g/mol. The first-order valence-corrected chi connectivity index (χ1v) is 3.59. The highest BCUT2D eigenvalue weighted by molar-refractivity contribution is 5.48. The van der Waals surface area contributed by atoms with Gasteiger partial charge in [-0.2, -0.15) is 0 Å². The summed E-state index contributed by atoms with van der Waals surface area (Å²) >= 11 is 0. The van der Waals surface area contributed by atoms with Gasteiger partial charge in [0.25, 0.3) is 0 Å². The van der Waals surface area contributed by atoms with E-state index >= 15 is 0 Å². The summed E-state index contributed by atoms with van der Waals surface area (Å²) in [5.41, 5.74) is 6.09. The standard InChI is InChI=1S/C8H8FNO2/c9-4-1-6(11)8-5(10)3-12-7(8)2-4/h1-2,5,11H,3,10H2/t5-/m1/s1. The van der Waals surface area contributed by atoms with Gasteiger partial charge in [0.05, 0.1) is 11.6 Å². The van der Waals surface area contributed by atoms with Gasteiger partial charge in [0, 0.05) is 12.1 Å². The minimum Gasteiger partial charge on any atom is -0.507 e. The summed E-state index contributed by atoms with van der Waals surface area (Å²) in [7, 11) is 0. The molecule has 3 N–H and O–H groups in total. The third kappa shape index (κ3) is 0.921. The minimum atomic E-state index is -0.514. The summed E-state index contributed by atoms with van der Waals surface area (Å²) in [5, 5.41) is 9.28. The molecule has 0 saturated heterocycles. The van der Waals surface area contributed by atoms with Gasteiger partial charge in [-0.15, -0.1) is 0 Å². The van der Waals surface area contributed by atoms with E-state index in [1.807, 2.05) is 0 Å². The Bertz CT molecular complexity index is 327. The van der Waals surface area contributed by atoms with Gasteiger partial charge < -0.3 is 15.6 Å². The number of hydrogen-bond acceptors (Lipinski definition) is 3. The van der Waals surface area contributed by atoms with E-state index in [0.29, 0.717) is 17.9 Å². The fourth-order valence-corrected chi connectivity index (χ4v) is 1.33. The zero-order chi connectivity index (χ0) is 8.72. The van der Waals surface area contributed by atoms with Crippen molar-refractivity contribution in [1.82, 2.24) is 0 Å². The summed E-state index contributed by atoms with van der Waals surface area (Å²) in [6, 6.07) is 1.91. The fourth-order valence-electron chi connectivity index (χ4n) is 1.33. The van der Waals surface area contributed by atoms with Crippen LogP contribution in [-0.4, -0.2) is 11.7 Å². The Hall–Kier alpha value is -1.29. The maximum atomic E-state index is 12.7. The molecule has 1 heterocycles. The van der Waals surface area contributed by atoms with Crippen molar-refractivity contribution in [2.45, 2.75) is 6.04 Å². The van der Waals surface area contributed by atoms with Crippen LogP contribution in [0.25, 0.3) is 0 Å². The lowest BCUT2D eigenvalue weighted by molar-refractivity contribution is 0.332. The van der Waals surface area contributed by atoms with Crippen molar-refractivity contribution < 1.29 is 14.2 Å². The van der Waals surface area contributed by atoms with Gasteiger partial charge in [-0.25, -0.2) is 4.39 Å². The van der Waals surface area contributed by atoms with Crippen LogP contribution >= 0.6 is 0 Å². The molecule has 4 heteroatoms. The molecular formula is C8H8FNO2. The Morgan fingerprint density at radius 3 is 3.08 bits per heavy atom. The van der Waals surface area contributed by atoms with Crippen LogP contribution < -0.4 is 10.5 Å². The third-order valence-electron chi connectivity index (χ3n) is 1.87. The van der Waals surface area contributed by atoms with Crippen molar-refractivity contribution in [3.05, 3.63) is 23.5 Å². The van der Waals surface area contributed by atoms with Gasteiger partial charge in [-0.3, -0.25) is 0 Å². The summed E-state index contributed by atoms with van der Waals surface area (Å²) in [6.45, 7) is 0.298. The molecule has 0 bridgehead atoms. The van der Waals surface area contributed by atoms with E-state index < -0.39 is 5.82 Å². The van der Waals surface area contributed by atoms with Crippen LogP contribution in [0.15, 0.2) is 12.1 Å². The van der Waals surface area contributed by atoms with Crippen LogP contribution in [0, 0.1) is 5.82 Å². The quantitative estimate of drug-likeness (QED) is 0.607. The number of phenols is 1. The van der Waals surface area contributed by atoms with Crippen LogP contribution in [0.3, 0.4) is 0 Å². The smallest absolute Gasteiger partial charge is 0.130 e. The first-order valence-electron chi connectivity index (χ1n) is 3.59. The predicted octanol–water partition coefficient (Wildman–Crippen LogP) is 0.923. The molecule has 1 aliphatic rings. The molecule has 0 unspecified atom stereocenters. The summed E-state index contributed by atoms with van der Waals surface area (Å²) < 4.78 is 17.7. The van der Waals surface area contributed by atoms with Crippen molar-refractivity contribution in [3.63, 3.8) is 0 Å². The van der Waals surface area contributed by atoms with Crippen molar-refractivity contribution in [2.24, 2.45) is 5.73 Å². The number of halogens is 1. The zero-order valence-electron chi connectivity index (χ0n) is 6.25. The van der Waals surface area contributed by atoms with Gasteiger partial charge in [-0.1, -0.05) is 0 Å². The second-order valence-electron chi connectivity index (χ2n) is 2.75. The summed E-state index contributed by atoms with van der Waals surface area (Å²) in [5.74, 6) is -0.296. The van der Waals surface area contributed by atoms with Crippen LogP contribution in [0.4, 0.5) is 4.39 Å². The summed E-state index contributed by atoms with van der Waals surface area (Å²) in [4.78, 5) is 0. The van der Waals surface area contributed by atoms with Crippen molar-refractivity contribution in [1.29, 1.82) is 0 Å². The Morgan fingerprint density at radius 1 is 1.58 bits per heavy atom. The number of nitrogens with two attached hydrogens (primary N) is 1. The van der Waals surface area contributed by atoms with E-state index in [2.05, 4.69) is 0 Å². The topological polar surface area (TPSA) is 55.5 Å². The lowest BCUT2D eigenvalue weighted by Crippen LogP contribution is -2.10. The van der Waals surface area contributed by atoms with E-state index in [-0.39, 0.29) is 11.8 Å². The molecule has 12 heavy (non-hydrogen) atoms. The maximum Gasteiger partial charge on any atom is 0.130 e. The van der Waals surface area contributed by atoms with E-state index in [1.54, 1.807) is 0 Å². The molecule has 0 radical (unpaired) electrons. The van der Waals surface area contributed by atoms with Crippen molar-refractivity contribution in [2.75, 3.05) is 6.61 Å². The molecule has 0 aliphatic carbocycles. The van der Waals surface area contributed by atoms with Crippen LogP contribution in [0.2, 0.25) is 0 Å². The molecule has 1 aliphatic heterocycles. The van der Waals surface area contributed by atoms with E-state index in [4.69, 9.17) is 10.5 Å². The van der Waals surface area contributed by atoms with Crippen molar-refractivity contribution in [3.8, 4) is 11.5 Å². The summed E-state index contributed by atoms with van der Waals surface area (Å²) in [6.07, 6.45) is 0. The molecule has 0 spiro atoms. The normalized spacial score (nSPS) is 20.3. The highest BCUT2D eigenvalue weighted by atomic mass is 19.1. The number of hydrogen-bond donors (Lipinski definition) is 2. The first-order chi connectivity index (χ1) is 5.68. The molecule has 0 fully saturated rings. The van der Waals surface area contributed by atoms with Gasteiger partial charge in [-0.05, 0) is 0 Å². The molecule has 1 atom stereocenters. The fraction of sp³-hybridized carbons (Fsp3) is 0.250. The predicted molar refractivity (Wildman–Crippen MR) is 40.5 cm³/mol. The van der Waals surface area contributed by atoms with Crippen LogP contribution in [0.1, 0.15) is 11.6 Å². The number of benzene rings is 1. The SMILES string of the molecule is N[C@@H]1COc2cc(F)cc(O)c21. The molecule has 3 nitrogen and oxygen atoms in total.